The molecular weight excluding hydrogens is 322 g/mol. The van der Waals surface area contributed by atoms with Crippen molar-refractivity contribution in [1.29, 1.82) is 0 Å². The number of rotatable bonds is 7. The lowest BCUT2D eigenvalue weighted by molar-refractivity contribution is 0.312. The van der Waals surface area contributed by atoms with E-state index in [1.54, 1.807) is 0 Å². The van der Waals surface area contributed by atoms with E-state index >= 15 is 0 Å². The molecule has 1 aromatic heterocycles. The number of para-hydroxylation sites is 1. The van der Waals surface area contributed by atoms with Gasteiger partial charge in [0.1, 0.15) is 12.4 Å². The second kappa shape index (κ2) is 7.79. The molecule has 0 amide bonds. The van der Waals surface area contributed by atoms with E-state index < -0.39 is 0 Å². The molecule has 1 aliphatic carbocycles. The normalized spacial score (nSPS) is 14.3. The quantitative estimate of drug-likeness (QED) is 0.462. The fourth-order valence-electron chi connectivity index (χ4n) is 3.70. The van der Waals surface area contributed by atoms with E-state index in [9.17, 15) is 0 Å². The van der Waals surface area contributed by atoms with E-state index in [2.05, 4.69) is 41.7 Å². The lowest BCUT2D eigenvalue weighted by Crippen LogP contribution is -2.21. The van der Waals surface area contributed by atoms with Gasteiger partial charge in [-0.15, -0.1) is 0 Å². The summed E-state index contributed by atoms with van der Waals surface area (Å²) in [6.07, 6.45) is 6.90. The van der Waals surface area contributed by atoms with Gasteiger partial charge in [0, 0.05) is 18.5 Å². The van der Waals surface area contributed by atoms with Crippen LogP contribution in [0.4, 0.5) is 0 Å². The van der Waals surface area contributed by atoms with Gasteiger partial charge in [-0.2, -0.15) is 0 Å². The van der Waals surface area contributed by atoms with E-state index in [4.69, 9.17) is 9.15 Å². The molecule has 0 saturated heterocycles. The largest absolute Gasteiger partial charge is 0.488 e. The van der Waals surface area contributed by atoms with E-state index in [0.29, 0.717) is 12.5 Å². The SMILES string of the molecule is Cc1cc2cccc(OCCNCc3ccccc3C3CC=CC3)c2o1. The monoisotopic (exact) mass is 347 g/mol. The van der Waals surface area contributed by atoms with Crippen molar-refractivity contribution in [3.05, 3.63) is 77.6 Å². The van der Waals surface area contributed by atoms with Gasteiger partial charge >= 0.3 is 0 Å². The number of nitrogens with one attached hydrogen (secondary N) is 1. The molecule has 1 heterocycles. The maximum Gasteiger partial charge on any atom is 0.176 e. The molecule has 2 aromatic carbocycles. The van der Waals surface area contributed by atoms with Crippen LogP contribution in [-0.2, 0) is 6.54 Å². The Morgan fingerprint density at radius 3 is 2.81 bits per heavy atom. The smallest absolute Gasteiger partial charge is 0.176 e. The van der Waals surface area contributed by atoms with Crippen LogP contribution in [0.15, 0.2) is 65.1 Å². The van der Waals surface area contributed by atoms with Crippen LogP contribution in [0.2, 0.25) is 0 Å². The Balaban J connectivity index is 1.30. The number of aryl methyl sites for hydroxylation is 1. The third kappa shape index (κ3) is 3.68. The van der Waals surface area contributed by atoms with Gasteiger partial charge in [-0.1, -0.05) is 48.6 Å². The average molecular weight is 347 g/mol. The summed E-state index contributed by atoms with van der Waals surface area (Å²) in [5.74, 6) is 2.37. The zero-order valence-electron chi connectivity index (χ0n) is 15.2. The fraction of sp³-hybridized carbons (Fsp3) is 0.304. The van der Waals surface area contributed by atoms with Crippen molar-refractivity contribution in [1.82, 2.24) is 5.32 Å². The molecule has 26 heavy (non-hydrogen) atoms. The van der Waals surface area contributed by atoms with Crippen molar-refractivity contribution >= 4 is 11.0 Å². The molecule has 0 unspecified atom stereocenters. The van der Waals surface area contributed by atoms with E-state index in [1.807, 2.05) is 31.2 Å². The highest BCUT2D eigenvalue weighted by Crippen LogP contribution is 2.31. The highest BCUT2D eigenvalue weighted by Gasteiger charge is 2.15. The zero-order chi connectivity index (χ0) is 17.8. The molecular formula is C23H25NO2. The molecule has 1 aliphatic rings. The maximum absolute atomic E-state index is 5.93. The average Bonchev–Trinajstić information content (AvgIpc) is 3.31. The molecule has 3 nitrogen and oxygen atoms in total. The Kier molecular flexibility index (Phi) is 5.07. The Hall–Kier alpha value is -2.52. The Bertz CT molecular complexity index is 901. The summed E-state index contributed by atoms with van der Waals surface area (Å²) >= 11 is 0. The first-order valence-electron chi connectivity index (χ1n) is 9.37. The molecule has 3 aromatic rings. The van der Waals surface area contributed by atoms with Crippen LogP contribution in [0.25, 0.3) is 11.0 Å². The van der Waals surface area contributed by atoms with Gasteiger partial charge in [0.25, 0.3) is 0 Å². The molecule has 0 saturated carbocycles. The van der Waals surface area contributed by atoms with Crippen molar-refractivity contribution < 1.29 is 9.15 Å². The molecule has 4 rings (SSSR count). The number of hydrogen-bond donors (Lipinski definition) is 1. The molecule has 0 aliphatic heterocycles. The highest BCUT2D eigenvalue weighted by atomic mass is 16.5. The first-order chi connectivity index (χ1) is 12.8. The number of hydrogen-bond acceptors (Lipinski definition) is 3. The lowest BCUT2D eigenvalue weighted by atomic mass is 9.92. The number of furan rings is 1. The highest BCUT2D eigenvalue weighted by molar-refractivity contribution is 5.83. The number of allylic oxidation sites excluding steroid dienone is 2. The van der Waals surface area contributed by atoms with Gasteiger partial charge in [-0.05, 0) is 48.9 Å². The summed E-state index contributed by atoms with van der Waals surface area (Å²) in [5.41, 5.74) is 3.70. The summed E-state index contributed by atoms with van der Waals surface area (Å²) in [7, 11) is 0. The van der Waals surface area contributed by atoms with Gasteiger partial charge in [-0.3, -0.25) is 0 Å². The second-order valence-corrected chi connectivity index (χ2v) is 6.90. The van der Waals surface area contributed by atoms with Crippen LogP contribution in [0.3, 0.4) is 0 Å². The first-order valence-corrected chi connectivity index (χ1v) is 9.37. The van der Waals surface area contributed by atoms with Crippen LogP contribution in [-0.4, -0.2) is 13.2 Å². The van der Waals surface area contributed by atoms with Crippen molar-refractivity contribution in [3.8, 4) is 5.75 Å². The topological polar surface area (TPSA) is 34.4 Å². The first kappa shape index (κ1) is 16.9. The van der Waals surface area contributed by atoms with E-state index in [1.165, 1.54) is 11.1 Å². The molecule has 134 valence electrons. The van der Waals surface area contributed by atoms with Crippen molar-refractivity contribution in [2.45, 2.75) is 32.2 Å². The minimum Gasteiger partial charge on any atom is -0.488 e. The maximum atomic E-state index is 5.93. The fourth-order valence-corrected chi connectivity index (χ4v) is 3.70. The summed E-state index contributed by atoms with van der Waals surface area (Å²) in [6.45, 7) is 4.25. The molecule has 0 atom stereocenters. The minimum absolute atomic E-state index is 0.617. The van der Waals surface area contributed by atoms with Crippen molar-refractivity contribution in [2.24, 2.45) is 0 Å². The standard InChI is InChI=1S/C23H25NO2/c1-17-15-19-10-6-12-22(23(19)26-17)25-14-13-24-16-20-9-4-5-11-21(20)18-7-2-3-8-18/h2-6,9-12,15,18,24H,7-8,13-14,16H2,1H3. The van der Waals surface area contributed by atoms with E-state index in [0.717, 1.165) is 48.4 Å². The second-order valence-electron chi connectivity index (χ2n) is 6.90. The van der Waals surface area contributed by atoms with Crippen LogP contribution < -0.4 is 10.1 Å². The summed E-state index contributed by atoms with van der Waals surface area (Å²) < 4.78 is 11.7. The Morgan fingerprint density at radius 1 is 1.08 bits per heavy atom. The van der Waals surface area contributed by atoms with Gasteiger partial charge < -0.3 is 14.5 Å². The Labute approximate surface area is 154 Å². The lowest BCUT2D eigenvalue weighted by Gasteiger charge is -2.16. The predicted molar refractivity (Wildman–Crippen MR) is 106 cm³/mol. The predicted octanol–water partition coefficient (Wildman–Crippen LogP) is 5.34. The van der Waals surface area contributed by atoms with Crippen LogP contribution in [0, 0.1) is 6.92 Å². The van der Waals surface area contributed by atoms with Gasteiger partial charge in [-0.25, -0.2) is 0 Å². The minimum atomic E-state index is 0.617. The zero-order valence-corrected chi connectivity index (χ0v) is 15.2. The molecule has 0 fully saturated rings. The number of benzene rings is 2. The third-order valence-electron chi connectivity index (χ3n) is 4.99. The molecule has 0 spiro atoms. The van der Waals surface area contributed by atoms with Gasteiger partial charge in [0.15, 0.2) is 11.3 Å². The van der Waals surface area contributed by atoms with Crippen molar-refractivity contribution in [2.75, 3.05) is 13.2 Å². The number of ether oxygens (including phenoxy) is 1. The summed E-state index contributed by atoms with van der Waals surface area (Å²) in [5, 5.41) is 4.60. The number of fused-ring (bicyclic) bond motifs is 1. The Morgan fingerprint density at radius 2 is 1.92 bits per heavy atom. The molecule has 1 N–H and O–H groups in total. The third-order valence-corrected chi connectivity index (χ3v) is 4.99. The van der Waals surface area contributed by atoms with Crippen LogP contribution >= 0.6 is 0 Å². The van der Waals surface area contributed by atoms with E-state index in [-0.39, 0.29) is 0 Å². The van der Waals surface area contributed by atoms with Crippen LogP contribution in [0.5, 0.6) is 5.75 Å². The molecule has 3 heteroatoms. The van der Waals surface area contributed by atoms with Crippen LogP contribution in [0.1, 0.15) is 35.6 Å². The van der Waals surface area contributed by atoms with Gasteiger partial charge in [0.2, 0.25) is 0 Å². The molecule has 0 radical (unpaired) electrons. The summed E-state index contributed by atoms with van der Waals surface area (Å²) in [6, 6.07) is 16.8. The molecule has 0 bridgehead atoms. The summed E-state index contributed by atoms with van der Waals surface area (Å²) in [4.78, 5) is 0. The van der Waals surface area contributed by atoms with Gasteiger partial charge in [0.05, 0.1) is 0 Å². The van der Waals surface area contributed by atoms with Crippen molar-refractivity contribution in [3.63, 3.8) is 0 Å².